The van der Waals surface area contributed by atoms with Crippen LogP contribution in [0.2, 0.25) is 0 Å². The minimum absolute atomic E-state index is 0.236. The van der Waals surface area contributed by atoms with Gasteiger partial charge in [-0.1, -0.05) is 34.1 Å². The van der Waals surface area contributed by atoms with E-state index in [1.807, 2.05) is 6.92 Å². The molecule has 0 aromatic carbocycles. The normalized spacial score (nSPS) is 14.5. The first-order valence-corrected chi connectivity index (χ1v) is 4.44. The first-order valence-electron chi connectivity index (χ1n) is 4.44. The molecule has 0 N–H and O–H groups in total. The molecule has 0 aliphatic carbocycles. The summed E-state index contributed by atoms with van der Waals surface area (Å²) in [5, 5.41) is 0. The third-order valence-electron chi connectivity index (χ3n) is 1.65. The molecule has 0 unspecified atom stereocenters. The lowest BCUT2D eigenvalue weighted by atomic mass is 9.93. The van der Waals surface area contributed by atoms with Gasteiger partial charge in [0.25, 0.3) is 0 Å². The molecular formula is C10H18F2. The highest BCUT2D eigenvalue weighted by atomic mass is 19.2. The van der Waals surface area contributed by atoms with Crippen LogP contribution >= 0.6 is 0 Å². The summed E-state index contributed by atoms with van der Waals surface area (Å²) >= 11 is 0. The van der Waals surface area contributed by atoms with Crippen LogP contribution in [-0.4, -0.2) is 0 Å². The van der Waals surface area contributed by atoms with Crippen molar-refractivity contribution in [1.29, 1.82) is 0 Å². The molecule has 72 valence electrons. The minimum Gasteiger partial charge on any atom is -0.209 e. The summed E-state index contributed by atoms with van der Waals surface area (Å²) in [6, 6.07) is 0. The van der Waals surface area contributed by atoms with E-state index in [2.05, 4.69) is 0 Å². The fraction of sp³-hybridized carbons (Fsp3) is 0.800. The molecule has 0 aromatic rings. The Balaban J connectivity index is 4.26. The zero-order valence-corrected chi connectivity index (χ0v) is 8.38. The van der Waals surface area contributed by atoms with Crippen molar-refractivity contribution in [3.05, 3.63) is 11.7 Å². The SMILES string of the molecule is CCCC/C(F)=C(\F)C(C)(C)C. The lowest BCUT2D eigenvalue weighted by Gasteiger charge is -2.16. The van der Waals surface area contributed by atoms with Gasteiger partial charge in [-0.15, -0.1) is 0 Å². The number of unbranched alkanes of at least 4 members (excludes halogenated alkanes) is 1. The highest BCUT2D eigenvalue weighted by Gasteiger charge is 2.21. The van der Waals surface area contributed by atoms with E-state index in [0.29, 0.717) is 0 Å². The zero-order chi connectivity index (χ0) is 9.78. The topological polar surface area (TPSA) is 0 Å². The first-order chi connectivity index (χ1) is 5.39. The van der Waals surface area contributed by atoms with Crippen molar-refractivity contribution in [3.8, 4) is 0 Å². The number of allylic oxidation sites excluding steroid dienone is 2. The average Bonchev–Trinajstić information content (AvgIpc) is 1.97. The molecule has 0 atom stereocenters. The second kappa shape index (κ2) is 4.58. The average molecular weight is 176 g/mol. The Morgan fingerprint density at radius 1 is 1.17 bits per heavy atom. The van der Waals surface area contributed by atoms with Crippen LogP contribution in [0.5, 0.6) is 0 Å². The summed E-state index contributed by atoms with van der Waals surface area (Å²) in [7, 11) is 0. The van der Waals surface area contributed by atoms with Crippen molar-refractivity contribution in [3.63, 3.8) is 0 Å². The lowest BCUT2D eigenvalue weighted by molar-refractivity contribution is 0.347. The van der Waals surface area contributed by atoms with E-state index in [4.69, 9.17) is 0 Å². The molecule has 0 radical (unpaired) electrons. The standard InChI is InChI=1S/C10H18F2/c1-5-6-7-8(11)9(12)10(2,3)4/h5-7H2,1-4H3/b9-8+. The van der Waals surface area contributed by atoms with E-state index in [-0.39, 0.29) is 6.42 Å². The van der Waals surface area contributed by atoms with Gasteiger partial charge < -0.3 is 0 Å². The summed E-state index contributed by atoms with van der Waals surface area (Å²) in [4.78, 5) is 0. The van der Waals surface area contributed by atoms with Gasteiger partial charge in [-0.2, -0.15) is 0 Å². The molecule has 0 amide bonds. The Morgan fingerprint density at radius 3 is 2.00 bits per heavy atom. The summed E-state index contributed by atoms with van der Waals surface area (Å²) in [5.74, 6) is -1.18. The van der Waals surface area contributed by atoms with Crippen molar-refractivity contribution in [2.75, 3.05) is 0 Å². The molecule has 0 spiro atoms. The molecule has 0 saturated carbocycles. The van der Waals surface area contributed by atoms with Crippen molar-refractivity contribution < 1.29 is 8.78 Å². The van der Waals surface area contributed by atoms with Crippen LogP contribution in [0.25, 0.3) is 0 Å². The van der Waals surface area contributed by atoms with Crippen LogP contribution in [0.15, 0.2) is 11.7 Å². The van der Waals surface area contributed by atoms with Gasteiger partial charge in [0, 0.05) is 11.8 Å². The van der Waals surface area contributed by atoms with Crippen molar-refractivity contribution in [2.24, 2.45) is 5.41 Å². The van der Waals surface area contributed by atoms with E-state index in [1.54, 1.807) is 20.8 Å². The van der Waals surface area contributed by atoms with Crippen molar-refractivity contribution in [1.82, 2.24) is 0 Å². The van der Waals surface area contributed by atoms with E-state index in [9.17, 15) is 8.78 Å². The smallest absolute Gasteiger partial charge is 0.137 e. The maximum atomic E-state index is 13.1. The van der Waals surface area contributed by atoms with Crippen LogP contribution in [0, 0.1) is 5.41 Å². The minimum atomic E-state index is -0.683. The number of rotatable bonds is 3. The van der Waals surface area contributed by atoms with Crippen LogP contribution < -0.4 is 0 Å². The second-order valence-electron chi connectivity index (χ2n) is 4.07. The molecule has 2 heteroatoms. The number of halogens is 2. The van der Waals surface area contributed by atoms with Gasteiger partial charge in [0.15, 0.2) is 0 Å². The summed E-state index contributed by atoms with van der Waals surface area (Å²) in [5.41, 5.74) is -0.683. The van der Waals surface area contributed by atoms with E-state index in [0.717, 1.165) is 12.8 Å². The van der Waals surface area contributed by atoms with Crippen LogP contribution in [-0.2, 0) is 0 Å². The molecule has 0 bridgehead atoms. The predicted molar refractivity (Wildman–Crippen MR) is 48.2 cm³/mol. The highest BCUT2D eigenvalue weighted by Crippen LogP contribution is 2.31. The van der Waals surface area contributed by atoms with Crippen LogP contribution in [0.4, 0.5) is 8.78 Å². The molecule has 0 nitrogen and oxygen atoms in total. The van der Waals surface area contributed by atoms with E-state index < -0.39 is 17.1 Å². The van der Waals surface area contributed by atoms with Gasteiger partial charge in [-0.05, 0) is 6.42 Å². The lowest BCUT2D eigenvalue weighted by Crippen LogP contribution is -2.07. The van der Waals surface area contributed by atoms with Gasteiger partial charge in [0.05, 0.1) is 0 Å². The Morgan fingerprint density at radius 2 is 1.67 bits per heavy atom. The summed E-state index contributed by atoms with van der Waals surface area (Å²) < 4.78 is 26.1. The molecule has 0 aromatic heterocycles. The Hall–Kier alpha value is -0.400. The monoisotopic (exact) mass is 176 g/mol. The molecular weight excluding hydrogens is 158 g/mol. The fourth-order valence-corrected chi connectivity index (χ4v) is 0.849. The van der Waals surface area contributed by atoms with Gasteiger partial charge in [-0.3, -0.25) is 0 Å². The molecule has 0 rings (SSSR count). The van der Waals surface area contributed by atoms with Crippen LogP contribution in [0.1, 0.15) is 47.0 Å². The highest BCUT2D eigenvalue weighted by molar-refractivity contribution is 5.07. The number of hydrogen-bond acceptors (Lipinski definition) is 0. The summed E-state index contributed by atoms with van der Waals surface area (Å²) in [6.45, 7) is 6.98. The maximum absolute atomic E-state index is 13.1. The zero-order valence-electron chi connectivity index (χ0n) is 8.38. The molecule has 0 saturated heterocycles. The fourth-order valence-electron chi connectivity index (χ4n) is 0.849. The Bertz CT molecular complexity index is 163. The second-order valence-corrected chi connectivity index (χ2v) is 4.07. The molecule has 0 aliphatic rings. The predicted octanol–water partition coefficient (Wildman–Crippen LogP) is 4.37. The molecule has 0 heterocycles. The largest absolute Gasteiger partial charge is 0.209 e. The van der Waals surface area contributed by atoms with Gasteiger partial charge in [0.1, 0.15) is 11.7 Å². The van der Waals surface area contributed by atoms with E-state index >= 15 is 0 Å². The number of hydrogen-bond donors (Lipinski definition) is 0. The van der Waals surface area contributed by atoms with Crippen molar-refractivity contribution >= 4 is 0 Å². The molecule has 0 fully saturated rings. The quantitative estimate of drug-likeness (QED) is 0.598. The summed E-state index contributed by atoms with van der Waals surface area (Å²) in [6.07, 6.45) is 1.85. The first kappa shape index (κ1) is 11.6. The molecule has 12 heavy (non-hydrogen) atoms. The van der Waals surface area contributed by atoms with Gasteiger partial charge in [0.2, 0.25) is 0 Å². The maximum Gasteiger partial charge on any atom is 0.137 e. The van der Waals surface area contributed by atoms with Gasteiger partial charge in [-0.25, -0.2) is 8.78 Å². The van der Waals surface area contributed by atoms with E-state index in [1.165, 1.54) is 0 Å². The molecule has 0 aliphatic heterocycles. The van der Waals surface area contributed by atoms with Crippen LogP contribution in [0.3, 0.4) is 0 Å². The third kappa shape index (κ3) is 3.84. The Kier molecular flexibility index (Phi) is 4.43. The van der Waals surface area contributed by atoms with Gasteiger partial charge >= 0.3 is 0 Å². The third-order valence-corrected chi connectivity index (χ3v) is 1.65. The van der Waals surface area contributed by atoms with Crippen molar-refractivity contribution in [2.45, 2.75) is 47.0 Å². The Labute approximate surface area is 73.7 Å².